The van der Waals surface area contributed by atoms with Crippen LogP contribution in [0, 0.1) is 6.92 Å². The minimum absolute atomic E-state index is 0.392. The molecule has 0 amide bonds. The number of hydrogen-bond donors (Lipinski definition) is 0. The molecule has 1 radical (unpaired) electrons. The zero-order valence-electron chi connectivity index (χ0n) is 5.88. The summed E-state index contributed by atoms with van der Waals surface area (Å²) in [6, 6.07) is 0. The first-order valence-electron chi connectivity index (χ1n) is 2.94. The van der Waals surface area contributed by atoms with Gasteiger partial charge in [-0.15, -0.1) is 0 Å². The number of rotatable bonds is 3. The third kappa shape index (κ3) is 1.81. The van der Waals surface area contributed by atoms with Crippen LogP contribution in [-0.4, -0.2) is 18.0 Å². The van der Waals surface area contributed by atoms with Gasteiger partial charge >= 0.3 is 11.8 Å². The molecule has 0 aliphatic carbocycles. The predicted octanol–water partition coefficient (Wildman–Crippen LogP) is 2.84. The summed E-state index contributed by atoms with van der Waals surface area (Å²) in [5.74, 6) is -8.98. The quantitative estimate of drug-likeness (QED) is 0.578. The summed E-state index contributed by atoms with van der Waals surface area (Å²) in [7, 11) is 0. The van der Waals surface area contributed by atoms with Crippen molar-refractivity contribution in [2.45, 2.75) is 31.4 Å². The Morgan fingerprint density at radius 1 is 1.27 bits per heavy atom. The zero-order chi connectivity index (χ0) is 9.28. The van der Waals surface area contributed by atoms with Crippen molar-refractivity contribution in [2.75, 3.05) is 0 Å². The topological polar surface area (TPSA) is 0 Å². The fourth-order valence-corrected chi connectivity index (χ4v) is 0.458. The number of hydrogen-bond acceptors (Lipinski definition) is 0. The van der Waals surface area contributed by atoms with Gasteiger partial charge in [0.05, 0.1) is 0 Å². The average molecular weight is 175 g/mol. The Morgan fingerprint density at radius 2 is 1.64 bits per heavy atom. The maximum Gasteiger partial charge on any atom is 0.340 e. The van der Waals surface area contributed by atoms with E-state index in [1.807, 2.05) is 0 Å². The number of halogens is 5. The van der Waals surface area contributed by atoms with E-state index in [9.17, 15) is 22.0 Å². The molecule has 0 saturated carbocycles. The highest BCUT2D eigenvalue weighted by atomic mass is 19.3. The van der Waals surface area contributed by atoms with Crippen molar-refractivity contribution in [1.82, 2.24) is 0 Å². The van der Waals surface area contributed by atoms with Crippen molar-refractivity contribution < 1.29 is 22.0 Å². The fraction of sp³-hybridized carbons (Fsp3) is 0.833. The highest BCUT2D eigenvalue weighted by molar-refractivity contribution is 4.89. The summed E-state index contributed by atoms with van der Waals surface area (Å²) in [4.78, 5) is 0. The van der Waals surface area contributed by atoms with E-state index < -0.39 is 24.4 Å². The van der Waals surface area contributed by atoms with Gasteiger partial charge in [-0.3, -0.25) is 0 Å². The zero-order valence-corrected chi connectivity index (χ0v) is 5.88. The normalized spacial score (nSPS) is 16.6. The molecule has 0 aromatic heterocycles. The van der Waals surface area contributed by atoms with E-state index in [1.165, 1.54) is 0 Å². The molecule has 0 aromatic carbocycles. The molecule has 1 unspecified atom stereocenters. The first-order chi connectivity index (χ1) is 4.75. The molecule has 0 spiro atoms. The Balaban J connectivity index is 4.53. The average Bonchev–Trinajstić information content (AvgIpc) is 1.87. The van der Waals surface area contributed by atoms with Gasteiger partial charge in [0, 0.05) is 6.42 Å². The summed E-state index contributed by atoms with van der Waals surface area (Å²) in [5.41, 5.74) is 0. The minimum Gasteiger partial charge on any atom is -0.241 e. The molecule has 0 aliphatic heterocycles. The van der Waals surface area contributed by atoms with Gasteiger partial charge in [-0.1, -0.05) is 0 Å². The van der Waals surface area contributed by atoms with Crippen LogP contribution < -0.4 is 0 Å². The summed E-state index contributed by atoms with van der Waals surface area (Å²) in [6.07, 6.45) is -4.17. The second kappa shape index (κ2) is 2.95. The Morgan fingerprint density at radius 3 is 1.73 bits per heavy atom. The van der Waals surface area contributed by atoms with E-state index >= 15 is 0 Å². The monoisotopic (exact) mass is 175 g/mol. The molecule has 0 bridgehead atoms. The highest BCUT2D eigenvalue weighted by Crippen LogP contribution is 2.40. The predicted molar refractivity (Wildman–Crippen MR) is 30.4 cm³/mol. The summed E-state index contributed by atoms with van der Waals surface area (Å²) in [6.45, 7) is 3.00. The van der Waals surface area contributed by atoms with Crippen LogP contribution in [0.1, 0.15) is 13.3 Å². The van der Waals surface area contributed by atoms with Crippen LogP contribution in [-0.2, 0) is 0 Å². The molecule has 0 N–H and O–H groups in total. The van der Waals surface area contributed by atoms with E-state index in [1.54, 1.807) is 0 Å². The second-order valence-electron chi connectivity index (χ2n) is 2.19. The third-order valence-corrected chi connectivity index (χ3v) is 1.30. The maximum absolute atomic E-state index is 12.2. The lowest BCUT2D eigenvalue weighted by molar-refractivity contribution is -0.233. The summed E-state index contributed by atoms with van der Waals surface area (Å²) >= 11 is 0. The number of alkyl halides is 5. The van der Waals surface area contributed by atoms with Crippen molar-refractivity contribution in [1.29, 1.82) is 0 Å². The van der Waals surface area contributed by atoms with Gasteiger partial charge in [0.25, 0.3) is 0 Å². The molecule has 0 aliphatic rings. The van der Waals surface area contributed by atoms with E-state index in [0.717, 1.165) is 0 Å². The molecule has 67 valence electrons. The van der Waals surface area contributed by atoms with Gasteiger partial charge in [-0.05, 0) is 13.8 Å². The van der Waals surface area contributed by atoms with Crippen molar-refractivity contribution in [3.8, 4) is 0 Å². The molecule has 0 saturated heterocycles. The van der Waals surface area contributed by atoms with Crippen LogP contribution in [0.15, 0.2) is 0 Å². The molecule has 11 heavy (non-hydrogen) atoms. The van der Waals surface area contributed by atoms with Gasteiger partial charge < -0.3 is 0 Å². The lowest BCUT2D eigenvalue weighted by Crippen LogP contribution is -2.46. The molecular formula is C6H8F5. The molecular weight excluding hydrogens is 167 g/mol. The van der Waals surface area contributed by atoms with Crippen LogP contribution in [0.3, 0.4) is 0 Å². The van der Waals surface area contributed by atoms with Gasteiger partial charge in [0.15, 0.2) is 6.17 Å². The molecule has 5 heteroatoms. The third-order valence-electron chi connectivity index (χ3n) is 1.30. The highest BCUT2D eigenvalue weighted by Gasteiger charge is 2.58. The lowest BCUT2D eigenvalue weighted by Gasteiger charge is -2.26. The van der Waals surface area contributed by atoms with E-state index in [-0.39, 0.29) is 0 Å². The molecule has 0 rings (SSSR count). The maximum atomic E-state index is 12.2. The Bertz CT molecular complexity index is 129. The summed E-state index contributed by atoms with van der Waals surface area (Å²) < 4.78 is 60.5. The Hall–Kier alpha value is -0.350. The molecule has 0 fully saturated rings. The smallest absolute Gasteiger partial charge is 0.241 e. The van der Waals surface area contributed by atoms with Gasteiger partial charge in [-0.2, -0.15) is 17.6 Å². The van der Waals surface area contributed by atoms with Crippen molar-refractivity contribution >= 4 is 0 Å². The van der Waals surface area contributed by atoms with Crippen LogP contribution in [0.25, 0.3) is 0 Å². The van der Waals surface area contributed by atoms with Crippen LogP contribution in [0.4, 0.5) is 22.0 Å². The lowest BCUT2D eigenvalue weighted by atomic mass is 10.1. The summed E-state index contributed by atoms with van der Waals surface area (Å²) in [5, 5.41) is 0. The first-order valence-corrected chi connectivity index (χ1v) is 2.94. The van der Waals surface area contributed by atoms with Crippen molar-refractivity contribution in [3.05, 3.63) is 6.92 Å². The van der Waals surface area contributed by atoms with E-state index in [2.05, 4.69) is 6.92 Å². The minimum atomic E-state index is -4.62. The molecule has 0 aromatic rings. The first kappa shape index (κ1) is 10.7. The van der Waals surface area contributed by atoms with Crippen LogP contribution in [0.2, 0.25) is 0 Å². The fourth-order valence-electron chi connectivity index (χ4n) is 0.458. The SMILES string of the molecule is [CH2]CC(F)(F)C(F)(F)C(C)F. The van der Waals surface area contributed by atoms with Crippen LogP contribution >= 0.6 is 0 Å². The van der Waals surface area contributed by atoms with Gasteiger partial charge in [0.2, 0.25) is 0 Å². The molecule has 0 nitrogen and oxygen atoms in total. The van der Waals surface area contributed by atoms with Crippen LogP contribution in [0.5, 0.6) is 0 Å². The van der Waals surface area contributed by atoms with E-state index in [4.69, 9.17) is 0 Å². The Labute approximate surface area is 61.4 Å². The van der Waals surface area contributed by atoms with Gasteiger partial charge in [-0.25, -0.2) is 4.39 Å². The van der Waals surface area contributed by atoms with Crippen molar-refractivity contribution in [3.63, 3.8) is 0 Å². The second-order valence-corrected chi connectivity index (χ2v) is 2.19. The Kier molecular flexibility index (Phi) is 2.85. The molecule has 1 atom stereocenters. The van der Waals surface area contributed by atoms with Crippen molar-refractivity contribution in [2.24, 2.45) is 0 Å². The largest absolute Gasteiger partial charge is 0.340 e. The standard InChI is InChI=1S/C6H8F5/c1-3-5(8,9)6(10,11)4(2)7/h4H,1,3H2,2H3. The molecule has 0 heterocycles. The van der Waals surface area contributed by atoms with E-state index in [0.29, 0.717) is 6.92 Å². The van der Waals surface area contributed by atoms with Gasteiger partial charge in [0.1, 0.15) is 0 Å².